The van der Waals surface area contributed by atoms with E-state index in [4.69, 9.17) is 19.4 Å². The van der Waals surface area contributed by atoms with Crippen molar-refractivity contribution in [3.05, 3.63) is 66.6 Å². The van der Waals surface area contributed by atoms with Gasteiger partial charge in [0.25, 0.3) is 0 Å². The van der Waals surface area contributed by atoms with Gasteiger partial charge in [-0.05, 0) is 61.0 Å². The Morgan fingerprint density at radius 2 is 1.48 bits per heavy atom. The topological polar surface area (TPSA) is 47.5 Å². The molecule has 1 aromatic heterocycles. The highest BCUT2D eigenvalue weighted by molar-refractivity contribution is 5.81. The molecule has 148 valence electrons. The van der Waals surface area contributed by atoms with Gasteiger partial charge in [-0.25, -0.2) is 9.97 Å². The van der Waals surface area contributed by atoms with Gasteiger partial charge in [0, 0.05) is 30.4 Å². The van der Waals surface area contributed by atoms with Gasteiger partial charge in [0.1, 0.15) is 11.5 Å². The molecular weight excluding hydrogens is 362 g/mol. The zero-order valence-corrected chi connectivity index (χ0v) is 17.1. The predicted molar refractivity (Wildman–Crippen MR) is 116 cm³/mol. The fourth-order valence-electron chi connectivity index (χ4n) is 3.46. The molecule has 2 heterocycles. The van der Waals surface area contributed by atoms with E-state index in [1.54, 1.807) is 14.2 Å². The van der Waals surface area contributed by atoms with Crippen molar-refractivity contribution < 1.29 is 9.47 Å². The van der Waals surface area contributed by atoms with Crippen molar-refractivity contribution in [1.29, 1.82) is 0 Å². The van der Waals surface area contributed by atoms with Gasteiger partial charge < -0.3 is 14.4 Å². The molecule has 1 aliphatic rings. The lowest BCUT2D eigenvalue weighted by molar-refractivity contribution is 0.369. The largest absolute Gasteiger partial charge is 0.497 e. The van der Waals surface area contributed by atoms with Crippen LogP contribution in [0.3, 0.4) is 0 Å². The van der Waals surface area contributed by atoms with Crippen LogP contribution in [0.2, 0.25) is 0 Å². The second kappa shape index (κ2) is 8.45. The van der Waals surface area contributed by atoms with E-state index in [0.29, 0.717) is 0 Å². The zero-order valence-electron chi connectivity index (χ0n) is 17.1. The molecule has 5 heteroatoms. The molecule has 0 amide bonds. The molecule has 4 rings (SSSR count). The number of likely N-dealkylation sites (N-methyl/N-ethyl adjacent to an activating group) is 1. The Labute approximate surface area is 171 Å². The number of aromatic nitrogens is 2. The van der Waals surface area contributed by atoms with Crippen LogP contribution in [0, 0.1) is 0 Å². The summed E-state index contributed by atoms with van der Waals surface area (Å²) in [6.45, 7) is 1.95. The summed E-state index contributed by atoms with van der Waals surface area (Å²) in [6.07, 6.45) is 5.12. The number of methoxy groups -OCH3 is 2. The minimum atomic E-state index is 0.807. The number of nitrogens with zero attached hydrogens (tertiary/aromatic N) is 3. The third-order valence-electron chi connectivity index (χ3n) is 5.25. The van der Waals surface area contributed by atoms with Gasteiger partial charge >= 0.3 is 0 Å². The van der Waals surface area contributed by atoms with Crippen LogP contribution in [0.1, 0.15) is 12.2 Å². The first-order valence-corrected chi connectivity index (χ1v) is 9.72. The zero-order chi connectivity index (χ0) is 20.2. The molecule has 29 heavy (non-hydrogen) atoms. The number of ether oxygens (including phenoxy) is 2. The maximum Gasteiger partial charge on any atom is 0.155 e. The first-order valence-electron chi connectivity index (χ1n) is 9.72. The smallest absolute Gasteiger partial charge is 0.155 e. The molecule has 0 bridgehead atoms. The average Bonchev–Trinajstić information content (AvgIpc) is 2.79. The molecule has 1 aliphatic heterocycles. The molecule has 0 fully saturated rings. The molecule has 0 saturated heterocycles. The molecule has 0 radical (unpaired) electrons. The molecule has 5 nitrogen and oxygen atoms in total. The van der Waals surface area contributed by atoms with E-state index in [0.717, 1.165) is 59.2 Å². The molecule has 0 N–H and O–H groups in total. The van der Waals surface area contributed by atoms with Crippen LogP contribution in [-0.2, 0) is 0 Å². The molecule has 2 aromatic carbocycles. The molecule has 3 aromatic rings. The summed E-state index contributed by atoms with van der Waals surface area (Å²) in [6, 6.07) is 16.0. The van der Waals surface area contributed by atoms with Crippen LogP contribution in [0.25, 0.3) is 28.0 Å². The van der Waals surface area contributed by atoms with Gasteiger partial charge in [0.2, 0.25) is 0 Å². The summed E-state index contributed by atoms with van der Waals surface area (Å²) >= 11 is 0. The van der Waals surface area contributed by atoms with E-state index in [2.05, 4.69) is 18.0 Å². The Morgan fingerprint density at radius 3 is 2.03 bits per heavy atom. The molecule has 0 unspecified atom stereocenters. The third-order valence-corrected chi connectivity index (χ3v) is 5.25. The fourth-order valence-corrected chi connectivity index (χ4v) is 3.46. The SMILES string of the molecule is COc1ccc(-c2cnc(C3=CCN(C)CC3)nc2-c2ccc(OC)cc2)cc1. The van der Waals surface area contributed by atoms with Gasteiger partial charge in [-0.1, -0.05) is 18.2 Å². The standard InChI is InChI=1S/C24H25N3O2/c1-27-14-12-19(13-15-27)24-25-16-22(17-4-8-20(28-2)9-5-17)23(26-24)18-6-10-21(29-3)11-7-18/h4-12,16H,13-15H2,1-3H3. The highest BCUT2D eigenvalue weighted by atomic mass is 16.5. The van der Waals surface area contributed by atoms with E-state index >= 15 is 0 Å². The normalized spacial score (nSPS) is 14.4. The Hall–Kier alpha value is -3.18. The monoisotopic (exact) mass is 387 g/mol. The van der Waals surface area contributed by atoms with Crippen molar-refractivity contribution in [2.45, 2.75) is 6.42 Å². The Kier molecular flexibility index (Phi) is 5.58. The quantitative estimate of drug-likeness (QED) is 0.643. The van der Waals surface area contributed by atoms with Crippen molar-refractivity contribution in [2.24, 2.45) is 0 Å². The van der Waals surface area contributed by atoms with Crippen LogP contribution < -0.4 is 9.47 Å². The van der Waals surface area contributed by atoms with E-state index in [-0.39, 0.29) is 0 Å². The van der Waals surface area contributed by atoms with Crippen molar-refractivity contribution in [3.8, 4) is 33.9 Å². The Morgan fingerprint density at radius 1 is 0.862 bits per heavy atom. The van der Waals surface area contributed by atoms with Gasteiger partial charge in [0.05, 0.1) is 19.9 Å². The number of hydrogen-bond donors (Lipinski definition) is 0. The summed E-state index contributed by atoms with van der Waals surface area (Å²) < 4.78 is 10.6. The second-order valence-electron chi connectivity index (χ2n) is 7.15. The van der Waals surface area contributed by atoms with Gasteiger partial charge in [-0.2, -0.15) is 0 Å². The summed E-state index contributed by atoms with van der Waals surface area (Å²) in [5, 5.41) is 0. The lowest BCUT2D eigenvalue weighted by Gasteiger charge is -2.21. The van der Waals surface area contributed by atoms with E-state index < -0.39 is 0 Å². The van der Waals surface area contributed by atoms with Crippen LogP contribution in [0.4, 0.5) is 0 Å². The minimum absolute atomic E-state index is 0.807. The summed E-state index contributed by atoms with van der Waals surface area (Å²) in [5.41, 5.74) is 5.21. The highest BCUT2D eigenvalue weighted by Crippen LogP contribution is 2.33. The molecular formula is C24H25N3O2. The Balaban J connectivity index is 1.80. The molecule has 0 saturated carbocycles. The summed E-state index contributed by atoms with van der Waals surface area (Å²) in [4.78, 5) is 12.0. The van der Waals surface area contributed by atoms with Crippen LogP contribution in [-0.4, -0.2) is 49.2 Å². The van der Waals surface area contributed by atoms with Crippen LogP contribution >= 0.6 is 0 Å². The minimum Gasteiger partial charge on any atom is -0.497 e. The van der Waals surface area contributed by atoms with Crippen molar-refractivity contribution in [1.82, 2.24) is 14.9 Å². The van der Waals surface area contributed by atoms with Gasteiger partial charge in [-0.15, -0.1) is 0 Å². The number of hydrogen-bond acceptors (Lipinski definition) is 5. The lowest BCUT2D eigenvalue weighted by atomic mass is 9.99. The maximum absolute atomic E-state index is 5.31. The highest BCUT2D eigenvalue weighted by Gasteiger charge is 2.16. The Bertz CT molecular complexity index is 1010. The first-order chi connectivity index (χ1) is 14.2. The van der Waals surface area contributed by atoms with E-state index in [1.807, 2.05) is 54.7 Å². The average molecular weight is 387 g/mol. The van der Waals surface area contributed by atoms with Crippen LogP contribution in [0.15, 0.2) is 60.8 Å². The number of benzene rings is 2. The van der Waals surface area contributed by atoms with Gasteiger partial charge in [-0.3, -0.25) is 0 Å². The maximum atomic E-state index is 5.31. The van der Waals surface area contributed by atoms with Crippen molar-refractivity contribution in [2.75, 3.05) is 34.4 Å². The first kappa shape index (κ1) is 19.2. The lowest BCUT2D eigenvalue weighted by Crippen LogP contribution is -2.24. The molecule has 0 aliphatic carbocycles. The van der Waals surface area contributed by atoms with Gasteiger partial charge in [0.15, 0.2) is 5.82 Å². The van der Waals surface area contributed by atoms with Crippen molar-refractivity contribution >= 4 is 5.57 Å². The molecule has 0 atom stereocenters. The summed E-state index contributed by atoms with van der Waals surface area (Å²) in [7, 11) is 5.47. The number of rotatable bonds is 5. The fraction of sp³-hybridized carbons (Fsp3) is 0.250. The van der Waals surface area contributed by atoms with Crippen molar-refractivity contribution in [3.63, 3.8) is 0 Å². The van der Waals surface area contributed by atoms with E-state index in [1.165, 1.54) is 5.57 Å². The summed E-state index contributed by atoms with van der Waals surface area (Å²) in [5.74, 6) is 2.46. The second-order valence-corrected chi connectivity index (χ2v) is 7.15. The van der Waals surface area contributed by atoms with Crippen LogP contribution in [0.5, 0.6) is 11.5 Å². The third kappa shape index (κ3) is 4.15. The van der Waals surface area contributed by atoms with E-state index in [9.17, 15) is 0 Å². The predicted octanol–water partition coefficient (Wildman–Crippen LogP) is 4.55. The molecule has 0 spiro atoms.